The molecule has 0 unspecified atom stereocenters. The minimum Gasteiger partial charge on any atom is -0.481 e. The Morgan fingerprint density at radius 3 is 2.95 bits per heavy atom. The van der Waals surface area contributed by atoms with Crippen LogP contribution in [0.5, 0.6) is 5.75 Å². The first-order valence-corrected chi connectivity index (χ1v) is 6.28. The molecule has 0 saturated heterocycles. The first-order chi connectivity index (χ1) is 9.17. The second-order valence-electron chi connectivity index (χ2n) is 5.22. The van der Waals surface area contributed by atoms with Crippen molar-refractivity contribution in [2.45, 2.75) is 19.4 Å². The summed E-state index contributed by atoms with van der Waals surface area (Å²) in [6.07, 6.45) is 5.47. The number of benzene rings is 1. The third-order valence-corrected chi connectivity index (χ3v) is 3.51. The second kappa shape index (κ2) is 3.35. The summed E-state index contributed by atoms with van der Waals surface area (Å²) >= 11 is 0. The van der Waals surface area contributed by atoms with Gasteiger partial charge >= 0.3 is 0 Å². The van der Waals surface area contributed by atoms with Crippen molar-refractivity contribution in [2.75, 3.05) is 0 Å². The van der Waals surface area contributed by atoms with Crippen molar-refractivity contribution >= 4 is 5.65 Å². The molecule has 3 aromatic rings. The molecule has 94 valence electrons. The van der Waals surface area contributed by atoms with E-state index in [-0.39, 0.29) is 0 Å². The SMILES string of the molecule is CC1(C)Oc2ccccc2-c2nc3cnccn3c21. The molecule has 0 saturated carbocycles. The Labute approximate surface area is 110 Å². The van der Waals surface area contributed by atoms with Crippen LogP contribution in [-0.4, -0.2) is 14.4 Å². The van der Waals surface area contributed by atoms with Crippen molar-refractivity contribution in [1.29, 1.82) is 0 Å². The quantitative estimate of drug-likeness (QED) is 0.616. The summed E-state index contributed by atoms with van der Waals surface area (Å²) in [6, 6.07) is 8.02. The van der Waals surface area contributed by atoms with E-state index in [0.717, 1.165) is 28.3 Å². The number of hydrogen-bond acceptors (Lipinski definition) is 3. The highest BCUT2D eigenvalue weighted by atomic mass is 16.5. The molecule has 0 bridgehead atoms. The molecule has 0 fully saturated rings. The van der Waals surface area contributed by atoms with E-state index in [2.05, 4.69) is 23.2 Å². The van der Waals surface area contributed by atoms with E-state index >= 15 is 0 Å². The Kier molecular flexibility index (Phi) is 1.86. The van der Waals surface area contributed by atoms with E-state index in [1.54, 1.807) is 12.4 Å². The number of nitrogens with zero attached hydrogens (tertiary/aromatic N) is 3. The third kappa shape index (κ3) is 1.34. The van der Waals surface area contributed by atoms with E-state index in [1.165, 1.54) is 0 Å². The van der Waals surface area contributed by atoms with Gasteiger partial charge in [-0.15, -0.1) is 0 Å². The van der Waals surface area contributed by atoms with Gasteiger partial charge in [-0.1, -0.05) is 12.1 Å². The molecule has 19 heavy (non-hydrogen) atoms. The zero-order valence-corrected chi connectivity index (χ0v) is 10.8. The van der Waals surface area contributed by atoms with Crippen LogP contribution in [0.15, 0.2) is 42.9 Å². The summed E-state index contributed by atoms with van der Waals surface area (Å²) in [5.74, 6) is 0.886. The number of fused-ring (bicyclic) bond motifs is 5. The van der Waals surface area contributed by atoms with Gasteiger partial charge in [0.05, 0.1) is 11.9 Å². The van der Waals surface area contributed by atoms with E-state index in [0.29, 0.717) is 0 Å². The first-order valence-electron chi connectivity index (χ1n) is 6.28. The first kappa shape index (κ1) is 10.6. The lowest BCUT2D eigenvalue weighted by atomic mass is 9.95. The minimum absolute atomic E-state index is 0.412. The van der Waals surface area contributed by atoms with Crippen LogP contribution >= 0.6 is 0 Å². The Bertz CT molecular complexity index is 789. The van der Waals surface area contributed by atoms with Crippen molar-refractivity contribution in [3.8, 4) is 17.0 Å². The van der Waals surface area contributed by atoms with E-state index in [9.17, 15) is 0 Å². The molecule has 1 aliphatic heterocycles. The van der Waals surface area contributed by atoms with Gasteiger partial charge in [0.2, 0.25) is 0 Å². The summed E-state index contributed by atoms with van der Waals surface area (Å²) in [7, 11) is 0. The van der Waals surface area contributed by atoms with Crippen LogP contribution in [0.3, 0.4) is 0 Å². The molecular formula is C15H13N3O. The van der Waals surface area contributed by atoms with Gasteiger partial charge in [-0.2, -0.15) is 0 Å². The summed E-state index contributed by atoms with van der Waals surface area (Å²) in [6.45, 7) is 4.13. The van der Waals surface area contributed by atoms with Gasteiger partial charge in [0, 0.05) is 18.0 Å². The minimum atomic E-state index is -0.412. The third-order valence-electron chi connectivity index (χ3n) is 3.51. The van der Waals surface area contributed by atoms with Crippen molar-refractivity contribution in [1.82, 2.24) is 14.4 Å². The number of para-hydroxylation sites is 1. The van der Waals surface area contributed by atoms with Gasteiger partial charge in [0.25, 0.3) is 0 Å². The number of hydrogen-bond donors (Lipinski definition) is 0. The summed E-state index contributed by atoms with van der Waals surface area (Å²) < 4.78 is 8.18. The Hall–Kier alpha value is -2.36. The summed E-state index contributed by atoms with van der Waals surface area (Å²) in [5, 5.41) is 0. The van der Waals surface area contributed by atoms with E-state index in [1.807, 2.05) is 30.5 Å². The molecule has 1 aromatic carbocycles. The standard InChI is InChI=1S/C15H13N3O/c1-15(2)14-13(10-5-3-4-6-11(10)19-15)17-12-9-16-7-8-18(12)14/h3-9H,1-2H3. The van der Waals surface area contributed by atoms with Gasteiger partial charge < -0.3 is 4.74 Å². The topological polar surface area (TPSA) is 39.4 Å². The van der Waals surface area contributed by atoms with Gasteiger partial charge in [-0.05, 0) is 26.0 Å². The highest BCUT2D eigenvalue weighted by Gasteiger charge is 2.36. The summed E-state index contributed by atoms with van der Waals surface area (Å²) in [4.78, 5) is 8.85. The smallest absolute Gasteiger partial charge is 0.156 e. The lowest BCUT2D eigenvalue weighted by Crippen LogP contribution is -2.30. The zero-order chi connectivity index (χ0) is 13.0. The zero-order valence-electron chi connectivity index (χ0n) is 10.8. The maximum absolute atomic E-state index is 6.13. The average molecular weight is 251 g/mol. The monoisotopic (exact) mass is 251 g/mol. The Morgan fingerprint density at radius 1 is 1.21 bits per heavy atom. The molecule has 2 aromatic heterocycles. The van der Waals surface area contributed by atoms with Gasteiger partial charge in [0.15, 0.2) is 5.65 Å². The number of imidazole rings is 1. The normalized spacial score (nSPS) is 15.7. The predicted octanol–water partition coefficient (Wildman–Crippen LogP) is 3.02. The van der Waals surface area contributed by atoms with Crippen LogP contribution in [0, 0.1) is 0 Å². The molecule has 1 aliphatic rings. The van der Waals surface area contributed by atoms with Crippen molar-refractivity contribution in [3.05, 3.63) is 48.5 Å². The van der Waals surface area contributed by atoms with Crippen LogP contribution in [0.4, 0.5) is 0 Å². The van der Waals surface area contributed by atoms with Crippen molar-refractivity contribution in [3.63, 3.8) is 0 Å². The molecule has 3 heterocycles. The maximum atomic E-state index is 6.13. The molecule has 0 aliphatic carbocycles. The van der Waals surface area contributed by atoms with Crippen LogP contribution in [0.2, 0.25) is 0 Å². The molecule has 0 radical (unpaired) electrons. The van der Waals surface area contributed by atoms with E-state index in [4.69, 9.17) is 9.72 Å². The van der Waals surface area contributed by atoms with Gasteiger partial charge in [0.1, 0.15) is 17.0 Å². The average Bonchev–Trinajstić information content (AvgIpc) is 2.78. The molecule has 0 amide bonds. The van der Waals surface area contributed by atoms with Gasteiger partial charge in [-0.3, -0.25) is 9.38 Å². The fourth-order valence-electron chi connectivity index (χ4n) is 2.74. The number of aromatic nitrogens is 3. The van der Waals surface area contributed by atoms with Crippen molar-refractivity contribution in [2.24, 2.45) is 0 Å². The molecule has 0 atom stereocenters. The number of rotatable bonds is 0. The Morgan fingerprint density at radius 2 is 2.05 bits per heavy atom. The van der Waals surface area contributed by atoms with Gasteiger partial charge in [-0.25, -0.2) is 4.98 Å². The second-order valence-corrected chi connectivity index (χ2v) is 5.22. The molecule has 4 heteroatoms. The van der Waals surface area contributed by atoms with Crippen molar-refractivity contribution < 1.29 is 4.74 Å². The van der Waals surface area contributed by atoms with E-state index < -0.39 is 5.60 Å². The molecule has 4 rings (SSSR count). The van der Waals surface area contributed by atoms with Crippen LogP contribution < -0.4 is 4.74 Å². The largest absolute Gasteiger partial charge is 0.481 e. The fourth-order valence-corrected chi connectivity index (χ4v) is 2.74. The van der Waals surface area contributed by atoms with Crippen LogP contribution in [-0.2, 0) is 5.60 Å². The lowest BCUT2D eigenvalue weighted by Gasteiger charge is -2.32. The molecular weight excluding hydrogens is 238 g/mol. The van der Waals surface area contributed by atoms with Crippen LogP contribution in [0.1, 0.15) is 19.5 Å². The highest BCUT2D eigenvalue weighted by Crippen LogP contribution is 2.44. The predicted molar refractivity (Wildman–Crippen MR) is 72.1 cm³/mol. The fraction of sp³-hybridized carbons (Fsp3) is 0.200. The lowest BCUT2D eigenvalue weighted by molar-refractivity contribution is 0.0996. The highest BCUT2D eigenvalue weighted by molar-refractivity contribution is 5.75. The molecule has 0 spiro atoms. The summed E-state index contributed by atoms with van der Waals surface area (Å²) in [5.41, 5.74) is 3.54. The molecule has 4 nitrogen and oxygen atoms in total. The molecule has 0 N–H and O–H groups in total. The number of ether oxygens (including phenoxy) is 1. The van der Waals surface area contributed by atoms with Crippen LogP contribution in [0.25, 0.3) is 16.9 Å². The maximum Gasteiger partial charge on any atom is 0.156 e. The Balaban J connectivity index is 2.16.